The van der Waals surface area contributed by atoms with E-state index in [-0.39, 0.29) is 25.7 Å². The smallest absolute Gasteiger partial charge is 0.275 e. The van der Waals surface area contributed by atoms with Crippen LogP contribution in [0.25, 0.3) is 0 Å². The summed E-state index contributed by atoms with van der Waals surface area (Å²) in [5.74, 6) is -0.0396. The number of nitrogens with one attached hydrogen (secondary N) is 1. The molecule has 0 spiro atoms. The largest absolute Gasteiger partial charge is 0.391 e. The van der Waals surface area contributed by atoms with E-state index in [1.54, 1.807) is 0 Å². The Morgan fingerprint density at radius 3 is 1.53 bits per heavy atom. The lowest BCUT2D eigenvalue weighted by Crippen LogP contribution is -2.53. The minimum atomic E-state index is -0.0396. The fourth-order valence-corrected chi connectivity index (χ4v) is 4.41. The van der Waals surface area contributed by atoms with Crippen molar-refractivity contribution >= 4 is 5.91 Å². The van der Waals surface area contributed by atoms with Gasteiger partial charge in [0.25, 0.3) is 5.91 Å². The van der Waals surface area contributed by atoms with E-state index in [2.05, 4.69) is 12.2 Å². The van der Waals surface area contributed by atoms with E-state index in [9.17, 15) is 4.79 Å². The fourth-order valence-electron chi connectivity index (χ4n) is 4.41. The first kappa shape index (κ1) is 33.3. The number of nitrogens with zero attached hydrogens (tertiary/aromatic N) is 1. The average molecular weight is 488 g/mol. The predicted octanol–water partition coefficient (Wildman–Crippen LogP) is 5.20. The fraction of sp³-hybridized carbons (Fsp3) is 0.964. The molecule has 204 valence electrons. The van der Waals surface area contributed by atoms with Gasteiger partial charge in [-0.1, -0.05) is 103 Å². The lowest BCUT2D eigenvalue weighted by molar-refractivity contribution is -0.902. The standard InChI is InChI=1S/C28H58N2O4/c1-3-4-5-6-7-8-9-10-11-12-13-14-15-16-17-18-25-34-26-19-20-29-28(33)27-30(2,21-23-31)22-24-32/h31-32H,3-27H2,1-2H3/p+1. The highest BCUT2D eigenvalue weighted by Gasteiger charge is 2.24. The number of rotatable bonds is 27. The average Bonchev–Trinajstić information content (AvgIpc) is 2.80. The first-order valence-electron chi connectivity index (χ1n) is 14.5. The summed E-state index contributed by atoms with van der Waals surface area (Å²) in [6.45, 7) is 5.62. The van der Waals surface area contributed by atoms with E-state index in [0.29, 0.717) is 30.7 Å². The Labute approximate surface area is 211 Å². The van der Waals surface area contributed by atoms with Crippen molar-refractivity contribution in [1.29, 1.82) is 0 Å². The summed E-state index contributed by atoms with van der Waals surface area (Å²) in [5.41, 5.74) is 0. The van der Waals surface area contributed by atoms with Gasteiger partial charge in [0.05, 0.1) is 20.3 Å². The molecule has 0 atom stereocenters. The second-order valence-electron chi connectivity index (χ2n) is 10.3. The van der Waals surface area contributed by atoms with Crippen LogP contribution >= 0.6 is 0 Å². The quantitative estimate of drug-likeness (QED) is 0.110. The van der Waals surface area contributed by atoms with Crippen molar-refractivity contribution in [3.63, 3.8) is 0 Å². The number of aliphatic hydroxyl groups excluding tert-OH is 2. The third-order valence-electron chi connectivity index (χ3n) is 6.73. The van der Waals surface area contributed by atoms with Gasteiger partial charge in [-0.2, -0.15) is 0 Å². The highest BCUT2D eigenvalue weighted by Crippen LogP contribution is 2.13. The van der Waals surface area contributed by atoms with Crippen molar-refractivity contribution in [2.45, 2.75) is 116 Å². The molecule has 6 heteroatoms. The third-order valence-corrected chi connectivity index (χ3v) is 6.73. The zero-order valence-electron chi connectivity index (χ0n) is 22.8. The molecule has 0 radical (unpaired) electrons. The van der Waals surface area contributed by atoms with Crippen LogP contribution in [0, 0.1) is 0 Å². The van der Waals surface area contributed by atoms with Crippen molar-refractivity contribution in [2.24, 2.45) is 0 Å². The molecule has 0 aromatic carbocycles. The molecule has 0 aliphatic heterocycles. The molecule has 0 heterocycles. The summed E-state index contributed by atoms with van der Waals surface area (Å²) in [5, 5.41) is 21.2. The van der Waals surface area contributed by atoms with Gasteiger partial charge in [0.2, 0.25) is 0 Å². The van der Waals surface area contributed by atoms with Gasteiger partial charge in [0, 0.05) is 19.8 Å². The van der Waals surface area contributed by atoms with Crippen molar-refractivity contribution in [1.82, 2.24) is 5.32 Å². The molecular formula is C28H59N2O4+. The minimum absolute atomic E-state index is 0.0109. The molecule has 6 nitrogen and oxygen atoms in total. The maximum Gasteiger partial charge on any atom is 0.275 e. The molecule has 0 saturated heterocycles. The zero-order valence-corrected chi connectivity index (χ0v) is 22.8. The molecule has 0 unspecified atom stereocenters. The number of quaternary nitrogens is 1. The number of carbonyl (C=O) groups is 1. The minimum Gasteiger partial charge on any atom is -0.391 e. The van der Waals surface area contributed by atoms with Crippen LogP contribution in [0.1, 0.15) is 116 Å². The molecule has 0 aromatic heterocycles. The Kier molecular flexibility index (Phi) is 24.9. The number of carbonyl (C=O) groups excluding carboxylic acids is 1. The van der Waals surface area contributed by atoms with Crippen LogP contribution in [-0.4, -0.2) is 80.3 Å². The second kappa shape index (κ2) is 25.4. The first-order valence-corrected chi connectivity index (χ1v) is 14.5. The van der Waals surface area contributed by atoms with E-state index in [1.165, 1.54) is 96.3 Å². The van der Waals surface area contributed by atoms with Crippen molar-refractivity contribution < 1.29 is 24.2 Å². The highest BCUT2D eigenvalue weighted by atomic mass is 16.5. The number of aliphatic hydroxyl groups is 2. The van der Waals surface area contributed by atoms with E-state index in [1.807, 2.05) is 7.05 Å². The Hall–Kier alpha value is -0.690. The Bertz CT molecular complexity index is 429. The Morgan fingerprint density at radius 2 is 1.09 bits per heavy atom. The molecule has 3 N–H and O–H groups in total. The van der Waals surface area contributed by atoms with Crippen LogP contribution in [0.2, 0.25) is 0 Å². The van der Waals surface area contributed by atoms with Crippen molar-refractivity contribution in [3.05, 3.63) is 0 Å². The van der Waals surface area contributed by atoms with E-state index in [4.69, 9.17) is 14.9 Å². The van der Waals surface area contributed by atoms with Crippen LogP contribution < -0.4 is 5.32 Å². The summed E-state index contributed by atoms with van der Waals surface area (Å²) >= 11 is 0. The summed E-state index contributed by atoms with van der Waals surface area (Å²) in [6, 6.07) is 0. The summed E-state index contributed by atoms with van der Waals surface area (Å²) < 4.78 is 6.05. The van der Waals surface area contributed by atoms with Gasteiger partial charge < -0.3 is 24.7 Å². The van der Waals surface area contributed by atoms with Gasteiger partial charge >= 0.3 is 0 Å². The van der Waals surface area contributed by atoms with Crippen molar-refractivity contribution in [3.8, 4) is 0 Å². The van der Waals surface area contributed by atoms with Gasteiger partial charge in [0.15, 0.2) is 6.54 Å². The third kappa shape index (κ3) is 23.1. The molecule has 0 rings (SSSR count). The van der Waals surface area contributed by atoms with Gasteiger partial charge in [0.1, 0.15) is 13.1 Å². The summed E-state index contributed by atoms with van der Waals surface area (Å²) in [7, 11) is 1.88. The van der Waals surface area contributed by atoms with E-state index < -0.39 is 0 Å². The van der Waals surface area contributed by atoms with Gasteiger partial charge in [-0.15, -0.1) is 0 Å². The Balaban J connectivity index is 3.30. The SMILES string of the molecule is CCCCCCCCCCCCCCCCCCOCCCNC(=O)C[N+](C)(CCO)CCO. The van der Waals surface area contributed by atoms with Gasteiger partial charge in [-0.05, 0) is 12.8 Å². The molecule has 0 fully saturated rings. The number of hydrogen-bond acceptors (Lipinski definition) is 4. The summed E-state index contributed by atoms with van der Waals surface area (Å²) in [6.07, 6.45) is 22.9. The molecule has 0 bridgehead atoms. The summed E-state index contributed by atoms with van der Waals surface area (Å²) in [4.78, 5) is 12.1. The normalized spacial score (nSPS) is 11.8. The first-order chi connectivity index (χ1) is 16.6. The van der Waals surface area contributed by atoms with Crippen LogP contribution in [0.5, 0.6) is 0 Å². The molecule has 1 amide bonds. The zero-order chi connectivity index (χ0) is 25.2. The molecule has 0 aliphatic carbocycles. The number of hydrogen-bond donors (Lipinski definition) is 3. The number of unbranched alkanes of at least 4 members (excludes halogenated alkanes) is 15. The van der Waals surface area contributed by atoms with Crippen LogP contribution in [0.4, 0.5) is 0 Å². The molecule has 0 aliphatic rings. The molecule has 0 saturated carbocycles. The van der Waals surface area contributed by atoms with E-state index >= 15 is 0 Å². The molecule has 34 heavy (non-hydrogen) atoms. The Morgan fingerprint density at radius 1 is 0.676 bits per heavy atom. The monoisotopic (exact) mass is 487 g/mol. The molecular weight excluding hydrogens is 428 g/mol. The maximum absolute atomic E-state index is 12.1. The van der Waals surface area contributed by atoms with Gasteiger partial charge in [-0.3, -0.25) is 4.79 Å². The highest BCUT2D eigenvalue weighted by molar-refractivity contribution is 5.77. The van der Waals surface area contributed by atoms with Gasteiger partial charge in [-0.25, -0.2) is 0 Å². The molecule has 0 aromatic rings. The number of amides is 1. The van der Waals surface area contributed by atoms with Crippen molar-refractivity contribution in [2.75, 3.05) is 59.7 Å². The number of ether oxygens (including phenoxy) is 1. The van der Waals surface area contributed by atoms with Crippen LogP contribution in [-0.2, 0) is 9.53 Å². The lowest BCUT2D eigenvalue weighted by atomic mass is 10.0. The maximum atomic E-state index is 12.1. The van der Waals surface area contributed by atoms with Crippen LogP contribution in [0.15, 0.2) is 0 Å². The van der Waals surface area contributed by atoms with Crippen LogP contribution in [0.3, 0.4) is 0 Å². The predicted molar refractivity (Wildman–Crippen MR) is 143 cm³/mol. The van der Waals surface area contributed by atoms with E-state index in [0.717, 1.165) is 19.4 Å². The topological polar surface area (TPSA) is 78.8 Å². The second-order valence-corrected chi connectivity index (χ2v) is 10.3. The number of likely N-dealkylation sites (N-methyl/N-ethyl adjacent to an activating group) is 1. The lowest BCUT2D eigenvalue weighted by Gasteiger charge is -2.32.